The molecule has 3 rings (SSSR count). The van der Waals surface area contributed by atoms with Crippen LogP contribution in [0.15, 0.2) is 29.1 Å². The summed E-state index contributed by atoms with van der Waals surface area (Å²) in [5, 5.41) is 7.22. The second kappa shape index (κ2) is 6.32. The molecule has 8 nitrogen and oxygen atoms in total. The fraction of sp³-hybridized carbons (Fsp3) is 0.353. The second-order valence-corrected chi connectivity index (χ2v) is 6.53. The molecule has 1 aromatic carbocycles. The lowest BCUT2D eigenvalue weighted by Crippen LogP contribution is -2.52. The average Bonchev–Trinajstić information content (AvgIpc) is 2.94. The Bertz CT molecular complexity index is 973. The number of carbonyl (C=O) groups is 2. The molecule has 1 aliphatic rings. The normalized spacial score (nSPS) is 15.0. The number of benzene rings is 1. The fourth-order valence-corrected chi connectivity index (χ4v) is 2.76. The third kappa shape index (κ3) is 2.96. The maximum Gasteiger partial charge on any atom is 0.372 e. The highest BCUT2D eigenvalue weighted by Gasteiger charge is 2.36. The number of carbonyl (C=O) groups excluding carboxylic acids is 2. The molecule has 0 spiro atoms. The quantitative estimate of drug-likeness (QED) is 0.780. The van der Waals surface area contributed by atoms with Crippen molar-refractivity contribution >= 4 is 23.6 Å². The SMILES string of the molecule is CCC(=O)Cn1nnn(C(=O)N2c3ccc(F)cc3C=CC2(C)C)c1=O. The Morgan fingerprint density at radius 3 is 2.65 bits per heavy atom. The lowest BCUT2D eigenvalue weighted by Gasteiger charge is -2.39. The van der Waals surface area contributed by atoms with Gasteiger partial charge in [0.25, 0.3) is 0 Å². The zero-order valence-electron chi connectivity index (χ0n) is 14.6. The summed E-state index contributed by atoms with van der Waals surface area (Å²) in [5.74, 6) is -0.629. The van der Waals surface area contributed by atoms with Crippen LogP contribution in [0.2, 0.25) is 0 Å². The van der Waals surface area contributed by atoms with E-state index in [0.29, 0.717) is 15.9 Å². The van der Waals surface area contributed by atoms with E-state index < -0.39 is 23.1 Å². The van der Waals surface area contributed by atoms with Crippen LogP contribution in [-0.4, -0.2) is 37.1 Å². The molecule has 1 aromatic heterocycles. The summed E-state index contributed by atoms with van der Waals surface area (Å²) in [7, 11) is 0. The zero-order valence-corrected chi connectivity index (χ0v) is 14.6. The first-order valence-electron chi connectivity index (χ1n) is 8.12. The maximum absolute atomic E-state index is 13.5. The van der Waals surface area contributed by atoms with Crippen molar-refractivity contribution < 1.29 is 14.0 Å². The highest BCUT2D eigenvalue weighted by Crippen LogP contribution is 2.35. The van der Waals surface area contributed by atoms with E-state index in [1.165, 1.54) is 23.1 Å². The molecule has 0 unspecified atom stereocenters. The van der Waals surface area contributed by atoms with Crippen LogP contribution < -0.4 is 10.6 Å². The predicted molar refractivity (Wildman–Crippen MR) is 92.4 cm³/mol. The number of anilines is 1. The lowest BCUT2D eigenvalue weighted by atomic mass is 9.94. The van der Waals surface area contributed by atoms with Crippen LogP contribution in [0.5, 0.6) is 0 Å². The van der Waals surface area contributed by atoms with Crippen molar-refractivity contribution in [3.8, 4) is 0 Å². The van der Waals surface area contributed by atoms with Gasteiger partial charge in [0.15, 0.2) is 5.78 Å². The zero-order chi connectivity index (χ0) is 19.1. The molecule has 0 bridgehead atoms. The summed E-state index contributed by atoms with van der Waals surface area (Å²) in [5.41, 5.74) is -0.607. The maximum atomic E-state index is 13.5. The smallest absolute Gasteiger partial charge is 0.298 e. The molecule has 0 fully saturated rings. The molecule has 0 N–H and O–H groups in total. The summed E-state index contributed by atoms with van der Waals surface area (Å²) in [6.07, 6.45) is 3.71. The largest absolute Gasteiger partial charge is 0.372 e. The molecule has 1 amide bonds. The molecule has 0 saturated heterocycles. The molecule has 2 heterocycles. The highest BCUT2D eigenvalue weighted by molar-refractivity contribution is 5.98. The Balaban J connectivity index is 2.03. The number of halogens is 1. The number of tetrazole rings is 1. The van der Waals surface area contributed by atoms with Crippen LogP contribution in [0.1, 0.15) is 32.8 Å². The van der Waals surface area contributed by atoms with Crippen LogP contribution in [0.4, 0.5) is 14.9 Å². The number of ketones is 1. The Kier molecular flexibility index (Phi) is 4.31. The number of aromatic nitrogens is 4. The topological polar surface area (TPSA) is 90.1 Å². The van der Waals surface area contributed by atoms with Crippen LogP contribution in [0, 0.1) is 5.82 Å². The molecule has 0 saturated carbocycles. The van der Waals surface area contributed by atoms with E-state index in [1.54, 1.807) is 32.9 Å². The van der Waals surface area contributed by atoms with E-state index >= 15 is 0 Å². The molecule has 9 heteroatoms. The first kappa shape index (κ1) is 17.7. The van der Waals surface area contributed by atoms with Crippen molar-refractivity contribution in [2.24, 2.45) is 0 Å². The van der Waals surface area contributed by atoms with Gasteiger partial charge in [0.1, 0.15) is 12.4 Å². The number of rotatable bonds is 3. The van der Waals surface area contributed by atoms with Gasteiger partial charge in [-0.3, -0.25) is 9.69 Å². The van der Waals surface area contributed by atoms with Gasteiger partial charge in [-0.05, 0) is 42.5 Å². The Morgan fingerprint density at radius 2 is 1.96 bits per heavy atom. The summed E-state index contributed by atoms with van der Waals surface area (Å²) in [6, 6.07) is 3.30. The minimum atomic E-state index is -0.800. The number of nitrogens with zero attached hydrogens (tertiary/aromatic N) is 5. The summed E-state index contributed by atoms with van der Waals surface area (Å²) < 4.78 is 15.0. The van der Waals surface area contributed by atoms with Gasteiger partial charge in [-0.2, -0.15) is 4.68 Å². The second-order valence-electron chi connectivity index (χ2n) is 6.53. The predicted octanol–water partition coefficient (Wildman–Crippen LogP) is 1.84. The van der Waals surface area contributed by atoms with Crippen molar-refractivity contribution in [3.63, 3.8) is 0 Å². The van der Waals surface area contributed by atoms with Gasteiger partial charge in [-0.15, -0.1) is 4.68 Å². The first-order valence-corrected chi connectivity index (χ1v) is 8.12. The number of fused-ring (bicyclic) bond motifs is 1. The van der Waals surface area contributed by atoms with Gasteiger partial charge in [-0.1, -0.05) is 19.1 Å². The molecule has 26 heavy (non-hydrogen) atoms. The Labute approximate surface area is 148 Å². The summed E-state index contributed by atoms with van der Waals surface area (Å²) >= 11 is 0. The number of Topliss-reactive ketones (excluding diaryl/α,β-unsaturated/α-hetero) is 1. The van der Waals surface area contributed by atoms with Gasteiger partial charge in [-0.25, -0.2) is 14.0 Å². The molecule has 1 aliphatic heterocycles. The van der Waals surface area contributed by atoms with Crippen molar-refractivity contribution in [3.05, 3.63) is 46.1 Å². The number of hydrogen-bond donors (Lipinski definition) is 0. The van der Waals surface area contributed by atoms with E-state index in [9.17, 15) is 18.8 Å². The van der Waals surface area contributed by atoms with Crippen LogP contribution in [0.3, 0.4) is 0 Å². The minimum absolute atomic E-state index is 0.200. The number of hydrogen-bond acceptors (Lipinski definition) is 5. The van der Waals surface area contributed by atoms with E-state index in [1.807, 2.05) is 0 Å². The van der Waals surface area contributed by atoms with E-state index in [2.05, 4.69) is 10.4 Å². The third-order valence-electron chi connectivity index (χ3n) is 4.21. The monoisotopic (exact) mass is 359 g/mol. The van der Waals surface area contributed by atoms with Gasteiger partial charge in [0.05, 0.1) is 11.2 Å². The fourth-order valence-electron chi connectivity index (χ4n) is 2.76. The van der Waals surface area contributed by atoms with Crippen LogP contribution >= 0.6 is 0 Å². The van der Waals surface area contributed by atoms with Gasteiger partial charge in [0, 0.05) is 12.0 Å². The molecule has 0 radical (unpaired) electrons. The van der Waals surface area contributed by atoms with Crippen LogP contribution in [-0.2, 0) is 11.3 Å². The molecular weight excluding hydrogens is 341 g/mol. The van der Waals surface area contributed by atoms with Crippen molar-refractivity contribution in [1.29, 1.82) is 0 Å². The molecule has 0 atom stereocenters. The molecule has 136 valence electrons. The Hall–Kier alpha value is -3.10. The first-order chi connectivity index (χ1) is 12.2. The summed E-state index contributed by atoms with van der Waals surface area (Å²) in [4.78, 5) is 38.3. The van der Waals surface area contributed by atoms with Crippen molar-refractivity contribution in [2.45, 2.75) is 39.3 Å². The van der Waals surface area contributed by atoms with E-state index in [0.717, 1.165) is 4.68 Å². The van der Waals surface area contributed by atoms with Gasteiger partial charge in [0.2, 0.25) is 0 Å². The average molecular weight is 359 g/mol. The molecule has 2 aromatic rings. The van der Waals surface area contributed by atoms with Crippen molar-refractivity contribution in [1.82, 2.24) is 19.8 Å². The summed E-state index contributed by atoms with van der Waals surface area (Å²) in [6.45, 7) is 4.99. The highest BCUT2D eigenvalue weighted by atomic mass is 19.1. The Morgan fingerprint density at radius 1 is 1.23 bits per heavy atom. The minimum Gasteiger partial charge on any atom is -0.298 e. The third-order valence-corrected chi connectivity index (χ3v) is 4.21. The van der Waals surface area contributed by atoms with Gasteiger partial charge >= 0.3 is 11.7 Å². The standard InChI is InChI=1S/C17H18FN5O3/c1-4-13(24)10-21-15(25)23(20-19-21)16(26)22-14-6-5-12(18)9-11(14)7-8-17(22,2)3/h5-9H,4,10H2,1-3H3. The molecular formula is C17H18FN5O3. The lowest BCUT2D eigenvalue weighted by molar-refractivity contribution is -0.119. The van der Waals surface area contributed by atoms with E-state index in [-0.39, 0.29) is 18.7 Å². The van der Waals surface area contributed by atoms with Gasteiger partial charge < -0.3 is 0 Å². The number of amides is 1. The van der Waals surface area contributed by atoms with Crippen LogP contribution in [0.25, 0.3) is 6.08 Å². The van der Waals surface area contributed by atoms with E-state index in [4.69, 9.17) is 0 Å². The molecule has 0 aliphatic carbocycles. The van der Waals surface area contributed by atoms with Crippen molar-refractivity contribution in [2.75, 3.05) is 4.90 Å².